The van der Waals surface area contributed by atoms with E-state index in [1.165, 1.54) is 14.2 Å². The van der Waals surface area contributed by atoms with Crippen molar-refractivity contribution in [3.8, 4) is 28.7 Å². The van der Waals surface area contributed by atoms with Crippen LogP contribution in [0.1, 0.15) is 11.1 Å². The van der Waals surface area contributed by atoms with E-state index in [4.69, 9.17) is 28.4 Å². The van der Waals surface area contributed by atoms with Crippen molar-refractivity contribution in [3.05, 3.63) is 41.5 Å². The highest BCUT2D eigenvalue weighted by Gasteiger charge is 2.45. The van der Waals surface area contributed by atoms with Gasteiger partial charge < -0.3 is 48.8 Å². The molecule has 1 heterocycles. The normalized spacial score (nSPS) is 24.6. The maximum atomic E-state index is 10.4. The molecule has 0 radical (unpaired) electrons. The van der Waals surface area contributed by atoms with Gasteiger partial charge in [-0.1, -0.05) is 12.2 Å². The quantitative estimate of drug-likeness (QED) is 0.388. The van der Waals surface area contributed by atoms with Crippen LogP contribution in [0.3, 0.4) is 0 Å². The van der Waals surface area contributed by atoms with Gasteiger partial charge in [0.2, 0.25) is 6.29 Å². The van der Waals surface area contributed by atoms with Gasteiger partial charge in [0.05, 0.1) is 35.0 Å². The molecular weight excluding hydrogens is 448 g/mol. The monoisotopic (exact) mass is 478 g/mol. The van der Waals surface area contributed by atoms with E-state index in [0.717, 1.165) is 5.56 Å². The van der Waals surface area contributed by atoms with Crippen LogP contribution in [0.25, 0.3) is 12.2 Å². The SMILES string of the molecule is COc1cc(/C=C/c2cc(OC)cc(OC)c2O[C@H]2O[C@H](CO)[C@@H](O)[C@H](O)[C@H]2O)cc(OC)c1. The Morgan fingerprint density at radius 2 is 1.38 bits per heavy atom. The second-order valence-electron chi connectivity index (χ2n) is 7.54. The van der Waals surface area contributed by atoms with Crippen LogP contribution in [0.2, 0.25) is 0 Å². The molecule has 3 rings (SSSR count). The molecule has 2 aromatic rings. The van der Waals surface area contributed by atoms with Gasteiger partial charge in [0.25, 0.3) is 0 Å². The van der Waals surface area contributed by atoms with Gasteiger partial charge in [0, 0.05) is 17.7 Å². The van der Waals surface area contributed by atoms with Crippen molar-refractivity contribution < 1.29 is 48.8 Å². The van der Waals surface area contributed by atoms with Crippen molar-refractivity contribution in [2.24, 2.45) is 0 Å². The van der Waals surface area contributed by atoms with Crippen LogP contribution in [-0.2, 0) is 4.74 Å². The van der Waals surface area contributed by atoms with E-state index in [1.807, 2.05) is 12.1 Å². The van der Waals surface area contributed by atoms with E-state index in [-0.39, 0.29) is 11.5 Å². The summed E-state index contributed by atoms with van der Waals surface area (Å²) in [6.45, 7) is -0.574. The van der Waals surface area contributed by atoms with Crippen molar-refractivity contribution in [2.75, 3.05) is 35.0 Å². The molecule has 1 saturated heterocycles. The van der Waals surface area contributed by atoms with Crippen molar-refractivity contribution in [1.29, 1.82) is 0 Å². The lowest BCUT2D eigenvalue weighted by Crippen LogP contribution is -2.60. The third kappa shape index (κ3) is 5.54. The molecule has 10 nitrogen and oxygen atoms in total. The minimum Gasteiger partial charge on any atom is -0.497 e. The van der Waals surface area contributed by atoms with Crippen molar-refractivity contribution in [3.63, 3.8) is 0 Å². The van der Waals surface area contributed by atoms with Crippen LogP contribution in [0.5, 0.6) is 28.7 Å². The zero-order chi connectivity index (χ0) is 24.8. The molecule has 1 aliphatic rings. The van der Waals surface area contributed by atoms with Gasteiger partial charge in [-0.05, 0) is 23.8 Å². The van der Waals surface area contributed by atoms with E-state index in [0.29, 0.717) is 22.8 Å². The van der Waals surface area contributed by atoms with Crippen LogP contribution in [0.15, 0.2) is 30.3 Å². The smallest absolute Gasteiger partial charge is 0.229 e. The summed E-state index contributed by atoms with van der Waals surface area (Å²) in [5.41, 5.74) is 1.28. The fourth-order valence-corrected chi connectivity index (χ4v) is 3.51. The maximum Gasteiger partial charge on any atom is 0.229 e. The fourth-order valence-electron chi connectivity index (χ4n) is 3.51. The minimum absolute atomic E-state index is 0.193. The molecular formula is C24H30O10. The Morgan fingerprint density at radius 3 is 1.94 bits per heavy atom. The predicted molar refractivity (Wildman–Crippen MR) is 122 cm³/mol. The average Bonchev–Trinajstić information content (AvgIpc) is 2.87. The molecule has 4 N–H and O–H groups in total. The first-order valence-corrected chi connectivity index (χ1v) is 10.5. The summed E-state index contributed by atoms with van der Waals surface area (Å²) >= 11 is 0. The van der Waals surface area contributed by atoms with Gasteiger partial charge in [0.1, 0.15) is 41.7 Å². The fraction of sp³-hybridized carbons (Fsp3) is 0.417. The molecule has 5 atom stereocenters. The Bertz CT molecular complexity index is 968. The first-order valence-electron chi connectivity index (χ1n) is 10.5. The van der Waals surface area contributed by atoms with Crippen LogP contribution >= 0.6 is 0 Å². The Labute approximate surface area is 197 Å². The number of hydrogen-bond donors (Lipinski definition) is 4. The number of benzene rings is 2. The molecule has 10 heteroatoms. The summed E-state index contributed by atoms with van der Waals surface area (Å²) in [5.74, 6) is 2.18. The van der Waals surface area contributed by atoms with E-state index in [1.54, 1.807) is 44.6 Å². The number of aliphatic hydroxyl groups is 4. The number of aliphatic hydroxyl groups excluding tert-OH is 4. The van der Waals surface area contributed by atoms with Crippen molar-refractivity contribution in [2.45, 2.75) is 30.7 Å². The average molecular weight is 478 g/mol. The zero-order valence-electron chi connectivity index (χ0n) is 19.4. The summed E-state index contributed by atoms with van der Waals surface area (Å²) < 4.78 is 32.8. The molecule has 34 heavy (non-hydrogen) atoms. The number of hydrogen-bond acceptors (Lipinski definition) is 10. The molecule has 1 aliphatic heterocycles. The van der Waals surface area contributed by atoms with E-state index in [9.17, 15) is 20.4 Å². The largest absolute Gasteiger partial charge is 0.497 e. The van der Waals surface area contributed by atoms with E-state index >= 15 is 0 Å². The molecule has 0 aromatic heterocycles. The Balaban J connectivity index is 2.00. The highest BCUT2D eigenvalue weighted by Crippen LogP contribution is 2.39. The lowest BCUT2D eigenvalue weighted by atomic mass is 9.99. The lowest BCUT2D eigenvalue weighted by Gasteiger charge is -2.39. The third-order valence-electron chi connectivity index (χ3n) is 5.42. The van der Waals surface area contributed by atoms with Crippen molar-refractivity contribution in [1.82, 2.24) is 0 Å². The summed E-state index contributed by atoms with van der Waals surface area (Å²) in [7, 11) is 6.06. The molecule has 0 bridgehead atoms. The number of rotatable bonds is 9. The minimum atomic E-state index is -1.58. The van der Waals surface area contributed by atoms with Gasteiger partial charge in [0.15, 0.2) is 11.5 Å². The second-order valence-corrected chi connectivity index (χ2v) is 7.54. The number of ether oxygens (including phenoxy) is 6. The maximum absolute atomic E-state index is 10.4. The van der Waals surface area contributed by atoms with Crippen LogP contribution < -0.4 is 23.7 Å². The Hall–Kier alpha value is -3.02. The summed E-state index contributed by atoms with van der Waals surface area (Å²) in [4.78, 5) is 0. The molecule has 186 valence electrons. The topological polar surface area (TPSA) is 136 Å². The summed E-state index contributed by atoms with van der Waals surface area (Å²) in [6, 6.07) is 8.66. The van der Waals surface area contributed by atoms with Gasteiger partial charge in [-0.15, -0.1) is 0 Å². The lowest BCUT2D eigenvalue weighted by molar-refractivity contribution is -0.277. The predicted octanol–water partition coefficient (Wildman–Crippen LogP) is 1.07. The molecule has 0 amide bonds. The Morgan fingerprint density at radius 1 is 0.765 bits per heavy atom. The zero-order valence-corrected chi connectivity index (χ0v) is 19.4. The highest BCUT2D eigenvalue weighted by molar-refractivity contribution is 5.76. The molecule has 1 fully saturated rings. The van der Waals surface area contributed by atoms with E-state index in [2.05, 4.69) is 0 Å². The molecule has 0 aliphatic carbocycles. The first-order chi connectivity index (χ1) is 16.3. The first kappa shape index (κ1) is 25.6. The third-order valence-corrected chi connectivity index (χ3v) is 5.42. The molecule has 0 saturated carbocycles. The van der Waals surface area contributed by atoms with Gasteiger partial charge in [-0.2, -0.15) is 0 Å². The Kier molecular flexibility index (Phi) is 8.59. The standard InChI is InChI=1S/C24H30O10/c1-29-15-7-13(8-16(10-15)30-2)5-6-14-9-17(31-3)11-18(32-4)23(14)34-24-22(28)21(27)20(26)19(12-25)33-24/h5-11,19-22,24-28H,12H2,1-4H3/b6-5+/t19-,20-,21+,22-,24-/m1/s1. The van der Waals surface area contributed by atoms with Gasteiger partial charge in [-0.3, -0.25) is 0 Å². The highest BCUT2D eigenvalue weighted by atomic mass is 16.7. The summed E-state index contributed by atoms with van der Waals surface area (Å²) in [5, 5.41) is 40.0. The molecule has 0 unspecified atom stereocenters. The second kappa shape index (κ2) is 11.4. The molecule has 0 spiro atoms. The van der Waals surface area contributed by atoms with Gasteiger partial charge >= 0.3 is 0 Å². The molecule has 2 aromatic carbocycles. The van der Waals surface area contributed by atoms with Gasteiger partial charge in [-0.25, -0.2) is 0 Å². The summed E-state index contributed by atoms with van der Waals surface area (Å²) in [6.07, 6.45) is -3.64. The van der Waals surface area contributed by atoms with Crippen LogP contribution in [0.4, 0.5) is 0 Å². The van der Waals surface area contributed by atoms with Crippen LogP contribution in [0, 0.1) is 0 Å². The number of methoxy groups -OCH3 is 4. The van der Waals surface area contributed by atoms with Crippen molar-refractivity contribution >= 4 is 12.2 Å². The van der Waals surface area contributed by atoms with Crippen LogP contribution in [-0.4, -0.2) is 86.2 Å². The van der Waals surface area contributed by atoms with E-state index < -0.39 is 37.3 Å².